The minimum absolute atomic E-state index is 0. The normalized spacial score (nSPS) is 17.7. The Balaban J connectivity index is 0.00000392. The molecule has 1 heterocycles. The van der Waals surface area contributed by atoms with Crippen LogP contribution in [-0.2, 0) is 9.47 Å². The van der Waals surface area contributed by atoms with Crippen molar-refractivity contribution in [2.24, 2.45) is 10.9 Å². The Bertz CT molecular complexity index is 571. The Hall–Kier alpha value is -1.13. The molecule has 1 aromatic carbocycles. The molecule has 1 aliphatic rings. The largest absolute Gasteiger partial charge is 0.489 e. The van der Waals surface area contributed by atoms with Crippen molar-refractivity contribution in [3.8, 4) is 5.75 Å². The summed E-state index contributed by atoms with van der Waals surface area (Å²) in [6.45, 7) is 6.59. The van der Waals surface area contributed by atoms with Crippen LogP contribution in [0.5, 0.6) is 5.75 Å². The van der Waals surface area contributed by atoms with Crippen LogP contribution in [0, 0.1) is 11.7 Å². The van der Waals surface area contributed by atoms with Crippen LogP contribution in [0.2, 0.25) is 0 Å². The number of ether oxygens (including phenoxy) is 3. The number of hydrogen-bond acceptors (Lipinski definition) is 4. The maximum atomic E-state index is 13.3. The molecular weight excluding hydrogens is 476 g/mol. The molecule has 0 saturated carbocycles. The second-order valence-electron chi connectivity index (χ2n) is 6.64. The van der Waals surface area contributed by atoms with Gasteiger partial charge in [0.05, 0.1) is 19.8 Å². The number of benzene rings is 1. The van der Waals surface area contributed by atoms with Gasteiger partial charge in [0.2, 0.25) is 0 Å². The number of aliphatic imine (C=N–C) groups is 1. The summed E-state index contributed by atoms with van der Waals surface area (Å²) in [4.78, 5) is 4.22. The molecule has 0 bridgehead atoms. The molecule has 8 heteroatoms. The molecule has 1 aliphatic heterocycles. The van der Waals surface area contributed by atoms with Gasteiger partial charge in [0.25, 0.3) is 0 Å². The van der Waals surface area contributed by atoms with Crippen molar-refractivity contribution in [3.63, 3.8) is 0 Å². The van der Waals surface area contributed by atoms with Gasteiger partial charge in [-0.15, -0.1) is 24.0 Å². The first kappa shape index (κ1) is 24.9. The number of nitrogens with one attached hydrogen (secondary N) is 2. The lowest BCUT2D eigenvalue weighted by atomic mass is 10.1. The highest BCUT2D eigenvalue weighted by atomic mass is 127. The van der Waals surface area contributed by atoms with Crippen molar-refractivity contribution in [2.45, 2.75) is 32.3 Å². The van der Waals surface area contributed by atoms with Gasteiger partial charge in [-0.1, -0.05) is 13.0 Å². The van der Waals surface area contributed by atoms with Crippen molar-refractivity contribution in [1.29, 1.82) is 0 Å². The summed E-state index contributed by atoms with van der Waals surface area (Å²) >= 11 is 0. The third-order valence-corrected chi connectivity index (χ3v) is 4.41. The topological polar surface area (TPSA) is 64.1 Å². The smallest absolute Gasteiger partial charge is 0.191 e. The Labute approximate surface area is 184 Å². The summed E-state index contributed by atoms with van der Waals surface area (Å²) in [6.07, 6.45) is 2.75. The van der Waals surface area contributed by atoms with Crippen LogP contribution < -0.4 is 15.4 Å². The van der Waals surface area contributed by atoms with E-state index in [1.54, 1.807) is 19.2 Å². The molecule has 0 amide bonds. The Morgan fingerprint density at radius 2 is 2.25 bits per heavy atom. The average molecular weight is 509 g/mol. The van der Waals surface area contributed by atoms with Crippen molar-refractivity contribution < 1.29 is 18.6 Å². The van der Waals surface area contributed by atoms with Gasteiger partial charge in [-0.2, -0.15) is 0 Å². The minimum atomic E-state index is -0.296. The zero-order valence-electron chi connectivity index (χ0n) is 16.8. The highest BCUT2D eigenvalue weighted by Gasteiger charge is 2.15. The predicted molar refractivity (Wildman–Crippen MR) is 120 cm³/mol. The van der Waals surface area contributed by atoms with Crippen LogP contribution in [0.4, 0.5) is 4.39 Å². The maximum Gasteiger partial charge on any atom is 0.191 e. The first-order chi connectivity index (χ1) is 13.2. The van der Waals surface area contributed by atoms with Gasteiger partial charge in [-0.3, -0.25) is 4.99 Å². The van der Waals surface area contributed by atoms with Crippen LogP contribution in [0.3, 0.4) is 0 Å². The Morgan fingerprint density at radius 1 is 1.39 bits per heavy atom. The maximum absolute atomic E-state index is 13.3. The van der Waals surface area contributed by atoms with Gasteiger partial charge in [0.15, 0.2) is 5.96 Å². The molecule has 0 radical (unpaired) electrons. The van der Waals surface area contributed by atoms with Crippen molar-refractivity contribution in [2.75, 3.05) is 46.6 Å². The van der Waals surface area contributed by atoms with Crippen LogP contribution in [0.25, 0.3) is 0 Å². The van der Waals surface area contributed by atoms with Gasteiger partial charge in [-0.25, -0.2) is 4.39 Å². The van der Waals surface area contributed by atoms with E-state index in [-0.39, 0.29) is 35.9 Å². The van der Waals surface area contributed by atoms with Gasteiger partial charge >= 0.3 is 0 Å². The Kier molecular flexibility index (Phi) is 13.2. The molecule has 0 spiro atoms. The van der Waals surface area contributed by atoms with Crippen LogP contribution >= 0.6 is 24.0 Å². The fourth-order valence-corrected chi connectivity index (χ4v) is 2.78. The van der Waals surface area contributed by atoms with Gasteiger partial charge in [0, 0.05) is 38.8 Å². The molecule has 0 aromatic heterocycles. The lowest BCUT2D eigenvalue weighted by molar-refractivity contribution is 0.0888. The van der Waals surface area contributed by atoms with Crippen LogP contribution in [0.1, 0.15) is 26.2 Å². The monoisotopic (exact) mass is 509 g/mol. The van der Waals surface area contributed by atoms with E-state index in [1.807, 2.05) is 6.92 Å². The highest BCUT2D eigenvalue weighted by Crippen LogP contribution is 2.15. The molecule has 1 saturated heterocycles. The quantitative estimate of drug-likeness (QED) is 0.208. The average Bonchev–Trinajstić information content (AvgIpc) is 3.19. The zero-order valence-corrected chi connectivity index (χ0v) is 19.1. The molecule has 6 nitrogen and oxygen atoms in total. The fourth-order valence-electron chi connectivity index (χ4n) is 2.78. The van der Waals surface area contributed by atoms with Gasteiger partial charge in [-0.05, 0) is 31.4 Å². The van der Waals surface area contributed by atoms with Crippen molar-refractivity contribution in [3.05, 3.63) is 30.1 Å². The summed E-state index contributed by atoms with van der Waals surface area (Å²) < 4.78 is 30.1. The molecule has 1 aromatic rings. The minimum Gasteiger partial charge on any atom is -0.489 e. The summed E-state index contributed by atoms with van der Waals surface area (Å²) in [7, 11) is 1.74. The van der Waals surface area contributed by atoms with E-state index < -0.39 is 0 Å². The summed E-state index contributed by atoms with van der Waals surface area (Å²) in [5.41, 5.74) is 0. The molecule has 28 heavy (non-hydrogen) atoms. The first-order valence-electron chi connectivity index (χ1n) is 9.73. The second-order valence-corrected chi connectivity index (χ2v) is 6.64. The van der Waals surface area contributed by atoms with E-state index in [0.29, 0.717) is 18.2 Å². The number of hydrogen-bond donors (Lipinski definition) is 2. The molecule has 2 N–H and O–H groups in total. The van der Waals surface area contributed by atoms with E-state index in [9.17, 15) is 4.39 Å². The number of rotatable bonds is 11. The Morgan fingerprint density at radius 3 is 2.93 bits per heavy atom. The molecule has 160 valence electrons. The SMILES string of the molecule is CCC(CNC(=NC)NCCCOCC1CCOC1)Oc1cccc(F)c1.I. The molecule has 0 aliphatic carbocycles. The second kappa shape index (κ2) is 14.8. The number of nitrogens with zero attached hydrogens (tertiary/aromatic N) is 1. The van der Waals surface area contributed by atoms with E-state index in [2.05, 4.69) is 15.6 Å². The van der Waals surface area contributed by atoms with Crippen LogP contribution in [0.15, 0.2) is 29.3 Å². The number of guanidine groups is 1. The molecule has 2 atom stereocenters. The lowest BCUT2D eigenvalue weighted by Crippen LogP contribution is -2.42. The standard InChI is InChI=1S/C20H32FN3O3.HI/c1-3-18(27-19-7-4-6-17(21)12-19)13-24-20(22-2)23-9-5-10-25-14-16-8-11-26-15-16;/h4,6-7,12,16,18H,3,5,8-11,13-15H2,1-2H3,(H2,22,23,24);1H. The number of halogens is 2. The predicted octanol–water partition coefficient (Wildman–Crippen LogP) is 3.21. The van der Waals surface area contributed by atoms with Crippen molar-refractivity contribution in [1.82, 2.24) is 10.6 Å². The third-order valence-electron chi connectivity index (χ3n) is 4.41. The zero-order chi connectivity index (χ0) is 19.3. The summed E-state index contributed by atoms with van der Waals surface area (Å²) in [5, 5.41) is 6.52. The highest BCUT2D eigenvalue weighted by molar-refractivity contribution is 14.0. The summed E-state index contributed by atoms with van der Waals surface area (Å²) in [5.74, 6) is 1.52. The van der Waals surface area contributed by atoms with E-state index in [0.717, 1.165) is 58.2 Å². The lowest BCUT2D eigenvalue weighted by Gasteiger charge is -2.20. The third kappa shape index (κ3) is 9.88. The molecule has 2 rings (SSSR count). The van der Waals surface area contributed by atoms with Gasteiger partial charge < -0.3 is 24.8 Å². The molecule has 1 fully saturated rings. The van der Waals surface area contributed by atoms with Gasteiger partial charge in [0.1, 0.15) is 17.7 Å². The first-order valence-corrected chi connectivity index (χ1v) is 9.73. The van der Waals surface area contributed by atoms with Crippen molar-refractivity contribution >= 4 is 29.9 Å². The van der Waals surface area contributed by atoms with Crippen LogP contribution in [-0.4, -0.2) is 58.6 Å². The van der Waals surface area contributed by atoms with E-state index >= 15 is 0 Å². The molecular formula is C20H33FIN3O3. The fraction of sp³-hybridized carbons (Fsp3) is 0.650. The molecule has 2 unspecified atom stereocenters. The van der Waals surface area contributed by atoms with E-state index in [4.69, 9.17) is 14.2 Å². The van der Waals surface area contributed by atoms with E-state index in [1.165, 1.54) is 12.1 Å². The summed E-state index contributed by atoms with van der Waals surface area (Å²) in [6, 6.07) is 6.21.